The monoisotopic (exact) mass is 438 g/mol. The molecule has 0 aliphatic carbocycles. The third-order valence-corrected chi connectivity index (χ3v) is 5.37. The van der Waals surface area contributed by atoms with E-state index >= 15 is 0 Å². The number of aryl methyl sites for hydroxylation is 1. The van der Waals surface area contributed by atoms with Crippen LogP contribution in [-0.4, -0.2) is 59.5 Å². The number of anilines is 1. The molecule has 3 aromatic rings. The lowest BCUT2D eigenvalue weighted by molar-refractivity contribution is 0.0466. The maximum atomic E-state index is 13.0. The molecule has 0 saturated heterocycles. The van der Waals surface area contributed by atoms with E-state index in [-0.39, 0.29) is 11.9 Å². The molecule has 0 bridgehead atoms. The molecule has 8 heteroatoms. The van der Waals surface area contributed by atoms with Crippen molar-refractivity contribution in [1.29, 1.82) is 0 Å². The van der Waals surface area contributed by atoms with E-state index in [0.717, 1.165) is 13.1 Å². The highest BCUT2D eigenvalue weighted by molar-refractivity contribution is 6.05. The van der Waals surface area contributed by atoms with Crippen LogP contribution in [0.4, 0.5) is 5.69 Å². The van der Waals surface area contributed by atoms with Gasteiger partial charge < -0.3 is 19.7 Å². The fraction of sp³-hybridized carbons (Fsp3) is 0.375. The number of aromatic nitrogens is 2. The Bertz CT molecular complexity index is 1070. The van der Waals surface area contributed by atoms with Crippen molar-refractivity contribution in [1.82, 2.24) is 14.3 Å². The summed E-state index contributed by atoms with van der Waals surface area (Å²) in [7, 11) is 1.57. The van der Waals surface area contributed by atoms with Crippen LogP contribution < -0.4 is 10.1 Å². The van der Waals surface area contributed by atoms with Crippen molar-refractivity contribution in [3.8, 4) is 5.75 Å². The molecule has 0 atom stereocenters. The van der Waals surface area contributed by atoms with Crippen LogP contribution in [0.2, 0.25) is 0 Å². The van der Waals surface area contributed by atoms with Crippen LogP contribution in [0, 0.1) is 0 Å². The molecule has 32 heavy (non-hydrogen) atoms. The maximum Gasteiger partial charge on any atom is 0.338 e. The quantitative estimate of drug-likeness (QED) is 0.486. The fourth-order valence-electron chi connectivity index (χ4n) is 3.51. The summed E-state index contributed by atoms with van der Waals surface area (Å²) >= 11 is 0. The van der Waals surface area contributed by atoms with Gasteiger partial charge in [-0.25, -0.2) is 9.78 Å². The van der Waals surface area contributed by atoms with Crippen molar-refractivity contribution in [3.63, 3.8) is 0 Å². The molecule has 0 aliphatic rings. The molecule has 0 aliphatic heterocycles. The number of imidazole rings is 1. The Morgan fingerprint density at radius 1 is 1.09 bits per heavy atom. The molecular formula is C24H30N4O4. The van der Waals surface area contributed by atoms with Gasteiger partial charge in [0.05, 0.1) is 18.4 Å². The average molecular weight is 439 g/mol. The number of pyridine rings is 1. The normalized spacial score (nSPS) is 11.0. The summed E-state index contributed by atoms with van der Waals surface area (Å²) in [5.74, 6) is -0.0561. The van der Waals surface area contributed by atoms with E-state index in [1.54, 1.807) is 42.0 Å². The van der Waals surface area contributed by atoms with Crippen LogP contribution in [0.1, 0.15) is 47.3 Å². The van der Waals surface area contributed by atoms with E-state index < -0.39 is 0 Å². The molecule has 170 valence electrons. The standard InChI is InChI=1S/C24H30N4O4/c1-5-19-21(28-14-8-9-20(31-4)22(28)26-19)23(29)25-18-12-10-17(11-13-18)24(30)32-16-15-27(6-2)7-3/h8-14H,5-7,15-16H2,1-4H3,(H,25,29). The minimum atomic E-state index is -0.378. The van der Waals surface area contributed by atoms with Gasteiger partial charge in [-0.1, -0.05) is 20.8 Å². The van der Waals surface area contributed by atoms with Crippen molar-refractivity contribution in [3.05, 3.63) is 59.5 Å². The Labute approximate surface area is 188 Å². The molecule has 2 aromatic heterocycles. The number of fused-ring (bicyclic) bond motifs is 1. The van der Waals surface area contributed by atoms with Crippen LogP contribution in [0.5, 0.6) is 5.75 Å². The zero-order valence-corrected chi connectivity index (χ0v) is 19.1. The molecule has 0 fully saturated rings. The largest absolute Gasteiger partial charge is 0.493 e. The van der Waals surface area contributed by atoms with Gasteiger partial charge in [0.25, 0.3) is 5.91 Å². The molecule has 0 saturated carbocycles. The lowest BCUT2D eigenvalue weighted by Crippen LogP contribution is -2.27. The van der Waals surface area contributed by atoms with E-state index in [2.05, 4.69) is 29.0 Å². The minimum Gasteiger partial charge on any atom is -0.493 e. The zero-order valence-electron chi connectivity index (χ0n) is 19.1. The number of methoxy groups -OCH3 is 1. The van der Waals surface area contributed by atoms with Crippen LogP contribution >= 0.6 is 0 Å². The van der Waals surface area contributed by atoms with E-state index in [1.807, 2.05) is 19.1 Å². The molecule has 2 heterocycles. The first-order valence-corrected chi connectivity index (χ1v) is 10.9. The van der Waals surface area contributed by atoms with Crippen molar-refractivity contribution >= 4 is 23.2 Å². The van der Waals surface area contributed by atoms with Gasteiger partial charge in [-0.3, -0.25) is 9.20 Å². The molecular weight excluding hydrogens is 408 g/mol. The van der Waals surface area contributed by atoms with E-state index in [0.29, 0.717) is 53.6 Å². The van der Waals surface area contributed by atoms with Gasteiger partial charge >= 0.3 is 5.97 Å². The number of benzene rings is 1. The minimum absolute atomic E-state index is 0.280. The molecule has 0 radical (unpaired) electrons. The predicted octanol–water partition coefficient (Wildman–Crippen LogP) is 3.66. The van der Waals surface area contributed by atoms with Gasteiger partial charge in [0.2, 0.25) is 0 Å². The first-order valence-electron chi connectivity index (χ1n) is 10.9. The number of carbonyl (C=O) groups excluding carboxylic acids is 2. The summed E-state index contributed by atoms with van der Waals surface area (Å²) in [5, 5.41) is 2.89. The number of ether oxygens (including phenoxy) is 2. The number of amides is 1. The van der Waals surface area contributed by atoms with E-state index in [1.165, 1.54) is 0 Å². The lowest BCUT2D eigenvalue weighted by Gasteiger charge is -2.17. The molecule has 8 nitrogen and oxygen atoms in total. The van der Waals surface area contributed by atoms with Gasteiger partial charge in [-0.05, 0) is 55.9 Å². The number of rotatable bonds is 10. The fourth-order valence-corrected chi connectivity index (χ4v) is 3.51. The van der Waals surface area contributed by atoms with Crippen LogP contribution in [0.15, 0.2) is 42.6 Å². The summed E-state index contributed by atoms with van der Waals surface area (Å²) in [6.45, 7) is 8.98. The van der Waals surface area contributed by atoms with Gasteiger partial charge in [0.15, 0.2) is 11.4 Å². The van der Waals surface area contributed by atoms with Crippen LogP contribution in [0.3, 0.4) is 0 Å². The number of likely N-dealkylation sites (N-methyl/N-ethyl adjacent to an activating group) is 1. The highest BCUT2D eigenvalue weighted by Gasteiger charge is 2.20. The average Bonchev–Trinajstić information content (AvgIpc) is 3.21. The zero-order chi connectivity index (χ0) is 23.1. The lowest BCUT2D eigenvalue weighted by atomic mass is 10.2. The highest BCUT2D eigenvalue weighted by Crippen LogP contribution is 2.23. The van der Waals surface area contributed by atoms with Gasteiger partial charge in [-0.2, -0.15) is 0 Å². The first kappa shape index (κ1) is 23.3. The van der Waals surface area contributed by atoms with Gasteiger partial charge in [-0.15, -0.1) is 0 Å². The summed E-state index contributed by atoms with van der Waals surface area (Å²) in [6, 6.07) is 10.3. The summed E-state index contributed by atoms with van der Waals surface area (Å²) in [4.78, 5) is 32.1. The Kier molecular flexibility index (Phi) is 7.83. The Morgan fingerprint density at radius 2 is 1.81 bits per heavy atom. The maximum absolute atomic E-state index is 13.0. The number of hydrogen-bond acceptors (Lipinski definition) is 6. The second kappa shape index (κ2) is 10.8. The van der Waals surface area contributed by atoms with E-state index in [9.17, 15) is 9.59 Å². The Hall–Kier alpha value is -3.39. The summed E-state index contributed by atoms with van der Waals surface area (Å²) < 4.78 is 12.4. The van der Waals surface area contributed by atoms with Gasteiger partial charge in [0.1, 0.15) is 12.3 Å². The third-order valence-electron chi connectivity index (χ3n) is 5.37. The Balaban J connectivity index is 1.69. The number of esters is 1. The molecule has 3 rings (SSSR count). The smallest absolute Gasteiger partial charge is 0.338 e. The van der Waals surface area contributed by atoms with Gasteiger partial charge in [0, 0.05) is 18.4 Å². The number of nitrogens with one attached hydrogen (secondary N) is 1. The molecule has 0 unspecified atom stereocenters. The van der Waals surface area contributed by atoms with Crippen LogP contribution in [-0.2, 0) is 11.2 Å². The highest BCUT2D eigenvalue weighted by atomic mass is 16.5. The SMILES string of the molecule is CCc1nc2c(OC)cccn2c1C(=O)Nc1ccc(C(=O)OCCN(CC)CC)cc1. The third kappa shape index (κ3) is 5.08. The topological polar surface area (TPSA) is 85.2 Å². The second-order valence-corrected chi connectivity index (χ2v) is 7.23. The number of hydrogen-bond donors (Lipinski definition) is 1. The van der Waals surface area contributed by atoms with Crippen LogP contribution in [0.25, 0.3) is 5.65 Å². The van der Waals surface area contributed by atoms with Crippen molar-refractivity contribution in [2.75, 3.05) is 38.7 Å². The molecule has 1 aromatic carbocycles. The van der Waals surface area contributed by atoms with Crippen molar-refractivity contribution in [2.24, 2.45) is 0 Å². The first-order chi connectivity index (χ1) is 15.5. The van der Waals surface area contributed by atoms with Crippen molar-refractivity contribution < 1.29 is 19.1 Å². The molecule has 1 N–H and O–H groups in total. The summed E-state index contributed by atoms with van der Waals surface area (Å²) in [5.41, 5.74) is 2.76. The predicted molar refractivity (Wildman–Crippen MR) is 124 cm³/mol. The number of carbonyl (C=O) groups is 2. The van der Waals surface area contributed by atoms with E-state index in [4.69, 9.17) is 9.47 Å². The second-order valence-electron chi connectivity index (χ2n) is 7.23. The number of nitrogens with zero attached hydrogens (tertiary/aromatic N) is 3. The van der Waals surface area contributed by atoms with Crippen molar-refractivity contribution in [2.45, 2.75) is 27.2 Å². The molecule has 1 amide bonds. The Morgan fingerprint density at radius 3 is 2.44 bits per heavy atom. The molecule has 0 spiro atoms. The summed E-state index contributed by atoms with van der Waals surface area (Å²) in [6.07, 6.45) is 2.39.